The molecule has 2 N–H and O–H groups in total. The maximum Gasteiger partial charge on any atom is 0.186 e. The lowest BCUT2D eigenvalue weighted by atomic mass is 9.68. The van der Waals surface area contributed by atoms with Gasteiger partial charge in [-0.05, 0) is 18.6 Å². The molecule has 0 aromatic carbocycles. The third-order valence-corrected chi connectivity index (χ3v) is 5.48. The summed E-state index contributed by atoms with van der Waals surface area (Å²) in [5.74, 6) is 0.569. The first-order valence-electron chi connectivity index (χ1n) is 8.17. The normalized spacial score (nSPS) is 39.3. The van der Waals surface area contributed by atoms with E-state index < -0.39 is 0 Å². The average molecular weight is 309 g/mol. The summed E-state index contributed by atoms with van der Waals surface area (Å²) < 4.78 is 0. The van der Waals surface area contributed by atoms with Crippen molar-refractivity contribution in [2.45, 2.75) is 26.2 Å². The van der Waals surface area contributed by atoms with Crippen molar-refractivity contribution in [3.8, 4) is 0 Å². The van der Waals surface area contributed by atoms with Crippen molar-refractivity contribution >= 4 is 23.0 Å². The molecule has 0 aromatic rings. The van der Waals surface area contributed by atoms with Crippen molar-refractivity contribution in [1.82, 2.24) is 20.5 Å². The van der Waals surface area contributed by atoms with Crippen LogP contribution in [-0.4, -0.2) is 66.9 Å². The van der Waals surface area contributed by atoms with E-state index in [0.29, 0.717) is 11.0 Å². The van der Waals surface area contributed by atoms with Gasteiger partial charge in [-0.25, -0.2) is 0 Å². The fourth-order valence-corrected chi connectivity index (χ4v) is 4.33. The molecule has 6 heteroatoms. The SMILES string of the molecule is CCCCC12CN3CCN(CC(C3)/C1=N\NC(=S)NC)C2. The molecular weight excluding hydrogens is 282 g/mol. The lowest BCUT2D eigenvalue weighted by Gasteiger charge is -2.50. The Bertz CT molecular complexity index is 420. The molecule has 4 saturated heterocycles. The quantitative estimate of drug-likeness (QED) is 0.596. The number of unbranched alkanes of at least 4 members (excludes halogenated alkanes) is 1. The van der Waals surface area contributed by atoms with Gasteiger partial charge in [0.1, 0.15) is 0 Å². The van der Waals surface area contributed by atoms with Gasteiger partial charge in [0.2, 0.25) is 0 Å². The van der Waals surface area contributed by atoms with Crippen molar-refractivity contribution in [3.05, 3.63) is 0 Å². The first-order chi connectivity index (χ1) is 10.2. The van der Waals surface area contributed by atoms with Crippen LogP contribution >= 0.6 is 12.2 Å². The number of piperidine rings is 2. The largest absolute Gasteiger partial charge is 0.364 e. The second-order valence-corrected chi connectivity index (χ2v) is 7.15. The molecule has 4 aliphatic rings. The van der Waals surface area contributed by atoms with Crippen molar-refractivity contribution < 1.29 is 0 Å². The van der Waals surface area contributed by atoms with Gasteiger partial charge in [-0.3, -0.25) is 5.43 Å². The Morgan fingerprint density at radius 1 is 1.33 bits per heavy atom. The van der Waals surface area contributed by atoms with Gasteiger partial charge in [-0.2, -0.15) is 5.10 Å². The van der Waals surface area contributed by atoms with Crippen LogP contribution in [-0.2, 0) is 0 Å². The van der Waals surface area contributed by atoms with E-state index in [4.69, 9.17) is 17.3 Å². The van der Waals surface area contributed by atoms with E-state index >= 15 is 0 Å². The van der Waals surface area contributed by atoms with Crippen molar-refractivity contribution in [1.29, 1.82) is 0 Å². The molecule has 2 atom stereocenters. The molecule has 0 aliphatic carbocycles. The fraction of sp³-hybridized carbons (Fsp3) is 0.867. The summed E-state index contributed by atoms with van der Waals surface area (Å²) in [7, 11) is 1.84. The van der Waals surface area contributed by atoms with Gasteiger partial charge in [0.25, 0.3) is 0 Å². The molecule has 5 nitrogen and oxygen atoms in total. The average Bonchev–Trinajstić information content (AvgIpc) is 2.72. The number of hydrogen-bond acceptors (Lipinski definition) is 4. The Hall–Kier alpha value is -0.720. The molecular formula is C15H27N5S. The number of nitrogens with one attached hydrogen (secondary N) is 2. The summed E-state index contributed by atoms with van der Waals surface area (Å²) in [6, 6.07) is 0. The van der Waals surface area contributed by atoms with Gasteiger partial charge in [0.15, 0.2) is 5.11 Å². The van der Waals surface area contributed by atoms with Crippen LogP contribution in [0.15, 0.2) is 5.10 Å². The van der Waals surface area contributed by atoms with E-state index in [1.54, 1.807) is 0 Å². The summed E-state index contributed by atoms with van der Waals surface area (Å²) >= 11 is 5.19. The number of hydrogen-bond donors (Lipinski definition) is 2. The molecule has 0 aromatic heterocycles. The Labute approximate surface area is 133 Å². The summed E-state index contributed by atoms with van der Waals surface area (Å²) in [6.07, 6.45) is 3.78. The highest BCUT2D eigenvalue weighted by Crippen LogP contribution is 2.41. The van der Waals surface area contributed by atoms with Crippen molar-refractivity contribution in [2.24, 2.45) is 16.4 Å². The zero-order valence-electron chi connectivity index (χ0n) is 13.2. The lowest BCUT2D eigenvalue weighted by Crippen LogP contribution is -2.61. The van der Waals surface area contributed by atoms with Crippen LogP contribution in [0.25, 0.3) is 0 Å². The molecule has 21 heavy (non-hydrogen) atoms. The number of rotatable bonds is 4. The van der Waals surface area contributed by atoms with Gasteiger partial charge in [0, 0.05) is 57.6 Å². The van der Waals surface area contributed by atoms with Crippen LogP contribution in [0.5, 0.6) is 0 Å². The molecule has 4 heterocycles. The predicted molar refractivity (Wildman–Crippen MR) is 90.6 cm³/mol. The summed E-state index contributed by atoms with van der Waals surface area (Å²) in [4.78, 5) is 5.31. The van der Waals surface area contributed by atoms with Crippen molar-refractivity contribution in [3.63, 3.8) is 0 Å². The lowest BCUT2D eigenvalue weighted by molar-refractivity contribution is 0.108. The molecule has 0 saturated carbocycles. The Morgan fingerprint density at radius 2 is 2.00 bits per heavy atom. The van der Waals surface area contributed by atoms with E-state index in [9.17, 15) is 0 Å². The second kappa shape index (κ2) is 6.18. The Balaban J connectivity index is 1.87. The fourth-order valence-electron chi connectivity index (χ4n) is 4.29. The standard InChI is InChI=1S/C15H27N5S/c1-3-4-5-15-10-19-6-7-20(11-15)9-12(8-19)13(15)17-18-14(21)16-2/h12H,3-11H2,1-2H3,(H2,16,18,21)/b17-13+. The number of thiocarbonyl (C=S) groups is 1. The molecule has 118 valence electrons. The minimum Gasteiger partial charge on any atom is -0.364 e. The Kier molecular flexibility index (Phi) is 4.47. The van der Waals surface area contributed by atoms with Crippen LogP contribution in [0.2, 0.25) is 0 Å². The van der Waals surface area contributed by atoms with E-state index in [1.165, 1.54) is 51.2 Å². The molecule has 0 spiro atoms. The zero-order valence-corrected chi connectivity index (χ0v) is 14.0. The third-order valence-electron chi connectivity index (χ3n) is 5.19. The minimum absolute atomic E-state index is 0.240. The first-order valence-corrected chi connectivity index (χ1v) is 8.58. The minimum atomic E-state index is 0.240. The molecule has 0 amide bonds. The molecule has 2 unspecified atom stereocenters. The molecule has 4 fully saturated rings. The van der Waals surface area contributed by atoms with Gasteiger partial charge >= 0.3 is 0 Å². The van der Waals surface area contributed by atoms with Crippen LogP contribution in [0.3, 0.4) is 0 Å². The van der Waals surface area contributed by atoms with Crippen LogP contribution in [0, 0.1) is 11.3 Å². The Morgan fingerprint density at radius 3 is 2.57 bits per heavy atom. The van der Waals surface area contributed by atoms with E-state index in [2.05, 4.69) is 27.5 Å². The number of nitrogens with zero attached hydrogens (tertiary/aromatic N) is 3. The highest BCUT2D eigenvalue weighted by molar-refractivity contribution is 7.80. The van der Waals surface area contributed by atoms with Crippen LogP contribution in [0.1, 0.15) is 26.2 Å². The van der Waals surface area contributed by atoms with Crippen LogP contribution in [0.4, 0.5) is 0 Å². The number of hydrazone groups is 1. The topological polar surface area (TPSA) is 42.9 Å². The smallest absolute Gasteiger partial charge is 0.186 e. The molecule has 4 aliphatic heterocycles. The zero-order chi connectivity index (χ0) is 14.9. The molecule has 4 rings (SSSR count). The van der Waals surface area contributed by atoms with Gasteiger partial charge in [-0.1, -0.05) is 19.8 Å². The predicted octanol–water partition coefficient (Wildman–Crippen LogP) is 0.874. The second-order valence-electron chi connectivity index (χ2n) is 6.74. The van der Waals surface area contributed by atoms with Gasteiger partial charge in [0.05, 0.1) is 5.71 Å². The third kappa shape index (κ3) is 2.94. The van der Waals surface area contributed by atoms with Crippen LogP contribution < -0.4 is 10.7 Å². The monoisotopic (exact) mass is 309 g/mol. The maximum atomic E-state index is 5.19. The van der Waals surface area contributed by atoms with Gasteiger partial charge in [-0.15, -0.1) is 0 Å². The van der Waals surface area contributed by atoms with Gasteiger partial charge < -0.3 is 15.1 Å². The van der Waals surface area contributed by atoms with E-state index in [1.807, 2.05) is 7.05 Å². The summed E-state index contributed by atoms with van der Waals surface area (Å²) in [6.45, 7) is 9.40. The van der Waals surface area contributed by atoms with E-state index in [0.717, 1.165) is 13.1 Å². The molecule has 0 radical (unpaired) electrons. The molecule has 4 bridgehead atoms. The number of fused-ring (bicyclic) bond motifs is 1. The van der Waals surface area contributed by atoms with E-state index in [-0.39, 0.29) is 5.41 Å². The summed E-state index contributed by atoms with van der Waals surface area (Å²) in [5, 5.41) is 8.33. The summed E-state index contributed by atoms with van der Waals surface area (Å²) in [5.41, 5.74) is 4.67. The first kappa shape index (κ1) is 15.2. The highest BCUT2D eigenvalue weighted by Gasteiger charge is 2.51. The highest BCUT2D eigenvalue weighted by atomic mass is 32.1. The maximum absolute atomic E-state index is 5.19. The van der Waals surface area contributed by atoms with Crippen molar-refractivity contribution in [2.75, 3.05) is 46.3 Å².